The van der Waals surface area contributed by atoms with Crippen LogP contribution in [0, 0.1) is 0 Å². The first-order valence-corrected chi connectivity index (χ1v) is 7.98. The molecule has 0 aliphatic carbocycles. The lowest BCUT2D eigenvalue weighted by Gasteiger charge is -2.21. The first-order chi connectivity index (χ1) is 11.4. The molecule has 6 heteroatoms. The average Bonchev–Trinajstić information content (AvgIpc) is 3.10. The normalized spacial score (nSPS) is 14.5. The number of rotatable bonds is 7. The standard InChI is InChI=1S/C18H24N2O4/c1-4-13(2)24-15-9-7-14(8-10-15)20-17(21)19-12-18(3,22)16-6-5-11-23-16/h5-11,13,22H,4,12H2,1-3H3,(H2,19,20,21). The van der Waals surface area contributed by atoms with E-state index in [1.54, 1.807) is 43.3 Å². The Hall–Kier alpha value is -2.47. The smallest absolute Gasteiger partial charge is 0.319 e. The van der Waals surface area contributed by atoms with E-state index < -0.39 is 11.6 Å². The summed E-state index contributed by atoms with van der Waals surface area (Å²) in [6.07, 6.45) is 2.56. The lowest BCUT2D eigenvalue weighted by Crippen LogP contribution is -2.40. The molecule has 6 nitrogen and oxygen atoms in total. The molecular weight excluding hydrogens is 308 g/mol. The van der Waals surface area contributed by atoms with Gasteiger partial charge in [0.2, 0.25) is 0 Å². The van der Waals surface area contributed by atoms with Gasteiger partial charge in [0.25, 0.3) is 0 Å². The van der Waals surface area contributed by atoms with Gasteiger partial charge in [-0.1, -0.05) is 6.92 Å². The molecule has 0 radical (unpaired) electrons. The Morgan fingerprint density at radius 2 is 2.04 bits per heavy atom. The second-order valence-electron chi connectivity index (χ2n) is 5.92. The van der Waals surface area contributed by atoms with E-state index in [2.05, 4.69) is 17.6 Å². The van der Waals surface area contributed by atoms with Crippen LogP contribution in [0.2, 0.25) is 0 Å². The van der Waals surface area contributed by atoms with Gasteiger partial charge in [0.1, 0.15) is 17.1 Å². The van der Waals surface area contributed by atoms with Gasteiger partial charge in [0.05, 0.1) is 18.9 Å². The van der Waals surface area contributed by atoms with Crippen molar-refractivity contribution in [3.63, 3.8) is 0 Å². The summed E-state index contributed by atoms with van der Waals surface area (Å²) in [5, 5.41) is 15.6. The number of hydrogen-bond donors (Lipinski definition) is 3. The predicted molar refractivity (Wildman–Crippen MR) is 92.1 cm³/mol. The highest BCUT2D eigenvalue weighted by atomic mass is 16.5. The van der Waals surface area contributed by atoms with Crippen molar-refractivity contribution >= 4 is 11.7 Å². The molecule has 1 heterocycles. The molecule has 1 aromatic carbocycles. The molecule has 0 saturated carbocycles. The Morgan fingerprint density at radius 3 is 2.62 bits per heavy atom. The largest absolute Gasteiger partial charge is 0.491 e. The monoisotopic (exact) mass is 332 g/mol. The van der Waals surface area contributed by atoms with Crippen LogP contribution in [0.5, 0.6) is 5.75 Å². The van der Waals surface area contributed by atoms with E-state index >= 15 is 0 Å². The molecular formula is C18H24N2O4. The highest BCUT2D eigenvalue weighted by Crippen LogP contribution is 2.20. The zero-order chi connectivity index (χ0) is 17.6. The molecule has 2 aromatic rings. The number of carbonyl (C=O) groups is 1. The second kappa shape index (κ2) is 7.88. The number of anilines is 1. The second-order valence-corrected chi connectivity index (χ2v) is 5.92. The van der Waals surface area contributed by atoms with E-state index in [9.17, 15) is 9.90 Å². The SMILES string of the molecule is CCC(C)Oc1ccc(NC(=O)NCC(C)(O)c2ccco2)cc1. The van der Waals surface area contributed by atoms with Crippen LogP contribution in [0.4, 0.5) is 10.5 Å². The van der Waals surface area contributed by atoms with Crippen LogP contribution in [0.25, 0.3) is 0 Å². The summed E-state index contributed by atoms with van der Waals surface area (Å²) in [6, 6.07) is 10.1. The predicted octanol–water partition coefficient (Wildman–Crippen LogP) is 3.49. The highest BCUT2D eigenvalue weighted by Gasteiger charge is 2.26. The zero-order valence-electron chi connectivity index (χ0n) is 14.2. The number of amides is 2. The van der Waals surface area contributed by atoms with Crippen molar-refractivity contribution in [2.24, 2.45) is 0 Å². The fraction of sp³-hybridized carbons (Fsp3) is 0.389. The number of carbonyl (C=O) groups excluding carboxylic acids is 1. The molecule has 1 aromatic heterocycles. The van der Waals surface area contributed by atoms with Crippen LogP contribution >= 0.6 is 0 Å². The number of benzene rings is 1. The van der Waals surface area contributed by atoms with Gasteiger partial charge in [-0.25, -0.2) is 4.79 Å². The van der Waals surface area contributed by atoms with Crippen LogP contribution in [0.3, 0.4) is 0 Å². The maximum Gasteiger partial charge on any atom is 0.319 e. The minimum Gasteiger partial charge on any atom is -0.491 e. The van der Waals surface area contributed by atoms with Crippen molar-refractivity contribution < 1.29 is 19.1 Å². The number of urea groups is 1. The van der Waals surface area contributed by atoms with Crippen LogP contribution in [-0.2, 0) is 5.60 Å². The molecule has 24 heavy (non-hydrogen) atoms. The minimum absolute atomic E-state index is 0.0293. The van der Waals surface area contributed by atoms with Gasteiger partial charge in [-0.05, 0) is 56.7 Å². The Labute approximate surface area is 141 Å². The fourth-order valence-electron chi connectivity index (χ4n) is 2.03. The summed E-state index contributed by atoms with van der Waals surface area (Å²) in [4.78, 5) is 11.9. The topological polar surface area (TPSA) is 83.7 Å². The number of ether oxygens (including phenoxy) is 1. The number of hydrogen-bond acceptors (Lipinski definition) is 4. The number of aliphatic hydroxyl groups is 1. The number of nitrogens with one attached hydrogen (secondary N) is 2. The van der Waals surface area contributed by atoms with E-state index in [1.165, 1.54) is 6.26 Å². The van der Waals surface area contributed by atoms with Crippen LogP contribution in [0.1, 0.15) is 33.0 Å². The zero-order valence-corrected chi connectivity index (χ0v) is 14.2. The van der Waals surface area contributed by atoms with Crippen LogP contribution < -0.4 is 15.4 Å². The number of furan rings is 1. The van der Waals surface area contributed by atoms with Crippen LogP contribution in [0.15, 0.2) is 47.1 Å². The Balaban J connectivity index is 1.84. The molecule has 0 aliphatic rings. The summed E-state index contributed by atoms with van der Waals surface area (Å²) in [7, 11) is 0. The molecule has 2 atom stereocenters. The van der Waals surface area contributed by atoms with Crippen molar-refractivity contribution in [3.05, 3.63) is 48.4 Å². The Kier molecular flexibility index (Phi) is 5.87. The average molecular weight is 332 g/mol. The summed E-state index contributed by atoms with van der Waals surface area (Å²) >= 11 is 0. The van der Waals surface area contributed by atoms with Crippen LogP contribution in [-0.4, -0.2) is 23.8 Å². The maximum atomic E-state index is 11.9. The molecule has 2 unspecified atom stereocenters. The Bertz CT molecular complexity index is 636. The molecule has 130 valence electrons. The van der Waals surface area contributed by atoms with Gasteiger partial charge >= 0.3 is 6.03 Å². The van der Waals surface area contributed by atoms with Gasteiger partial charge in [-0.3, -0.25) is 0 Å². The summed E-state index contributed by atoms with van der Waals surface area (Å²) in [5.74, 6) is 1.16. The molecule has 2 rings (SSSR count). The van der Waals surface area contributed by atoms with Gasteiger partial charge in [-0.2, -0.15) is 0 Å². The van der Waals surface area contributed by atoms with Gasteiger partial charge in [-0.15, -0.1) is 0 Å². The molecule has 3 N–H and O–H groups in total. The van der Waals surface area contributed by atoms with E-state index in [4.69, 9.17) is 9.15 Å². The van der Waals surface area contributed by atoms with Gasteiger partial charge in [0.15, 0.2) is 0 Å². The Morgan fingerprint density at radius 1 is 1.33 bits per heavy atom. The van der Waals surface area contributed by atoms with Crippen molar-refractivity contribution in [2.45, 2.75) is 38.9 Å². The van der Waals surface area contributed by atoms with Crippen molar-refractivity contribution in [2.75, 3.05) is 11.9 Å². The van der Waals surface area contributed by atoms with E-state index in [-0.39, 0.29) is 12.6 Å². The summed E-state index contributed by atoms with van der Waals surface area (Å²) < 4.78 is 10.9. The lowest BCUT2D eigenvalue weighted by molar-refractivity contribution is 0.0372. The molecule has 2 amide bonds. The summed E-state index contributed by atoms with van der Waals surface area (Å²) in [5.41, 5.74) is -0.629. The molecule has 0 bridgehead atoms. The van der Waals surface area contributed by atoms with Crippen molar-refractivity contribution in [1.29, 1.82) is 0 Å². The first-order valence-electron chi connectivity index (χ1n) is 7.98. The summed E-state index contributed by atoms with van der Waals surface area (Å²) in [6.45, 7) is 5.67. The molecule has 0 saturated heterocycles. The third-order valence-corrected chi connectivity index (χ3v) is 3.67. The van der Waals surface area contributed by atoms with Gasteiger partial charge in [0, 0.05) is 5.69 Å². The molecule has 0 spiro atoms. The first kappa shape index (κ1) is 17.9. The van der Waals surface area contributed by atoms with E-state index in [1.807, 2.05) is 6.92 Å². The van der Waals surface area contributed by atoms with Gasteiger partial charge < -0.3 is 24.9 Å². The van der Waals surface area contributed by atoms with Crippen molar-refractivity contribution in [3.8, 4) is 5.75 Å². The molecule has 0 aliphatic heterocycles. The fourth-order valence-corrected chi connectivity index (χ4v) is 2.03. The third-order valence-electron chi connectivity index (χ3n) is 3.67. The highest BCUT2D eigenvalue weighted by molar-refractivity contribution is 5.89. The quantitative estimate of drug-likeness (QED) is 0.725. The van der Waals surface area contributed by atoms with Crippen molar-refractivity contribution in [1.82, 2.24) is 5.32 Å². The minimum atomic E-state index is -1.27. The van der Waals surface area contributed by atoms with E-state index in [0.29, 0.717) is 11.4 Å². The maximum absolute atomic E-state index is 11.9. The third kappa shape index (κ3) is 5.03. The lowest BCUT2D eigenvalue weighted by atomic mass is 10.0. The van der Waals surface area contributed by atoms with E-state index in [0.717, 1.165) is 12.2 Å². The molecule has 0 fully saturated rings.